The molecule has 31 heavy (non-hydrogen) atoms. The highest BCUT2D eigenvalue weighted by atomic mass is 32.2. The van der Waals surface area contributed by atoms with Crippen molar-refractivity contribution in [1.82, 2.24) is 14.2 Å². The van der Waals surface area contributed by atoms with Crippen LogP contribution < -0.4 is 0 Å². The van der Waals surface area contributed by atoms with E-state index in [1.54, 1.807) is 11.0 Å². The van der Waals surface area contributed by atoms with Crippen LogP contribution in [-0.2, 0) is 10.0 Å². The lowest BCUT2D eigenvalue weighted by Crippen LogP contribution is -2.50. The van der Waals surface area contributed by atoms with Crippen LogP contribution in [0.15, 0.2) is 53.4 Å². The second-order valence-corrected chi connectivity index (χ2v) is 10.7. The molecule has 0 unspecified atom stereocenters. The maximum absolute atomic E-state index is 13.1. The van der Waals surface area contributed by atoms with Crippen LogP contribution in [0.5, 0.6) is 0 Å². The number of benzene rings is 2. The van der Waals surface area contributed by atoms with Gasteiger partial charge in [0.25, 0.3) is 5.91 Å². The highest BCUT2D eigenvalue weighted by Gasteiger charge is 2.32. The molecule has 1 fully saturated rings. The Hall–Kier alpha value is -2.55. The van der Waals surface area contributed by atoms with Gasteiger partial charge in [0, 0.05) is 31.7 Å². The van der Waals surface area contributed by atoms with Crippen LogP contribution in [-0.4, -0.2) is 54.7 Å². The lowest BCUT2D eigenvalue weighted by Gasteiger charge is -2.34. The van der Waals surface area contributed by atoms with Crippen LogP contribution in [0.3, 0.4) is 0 Å². The quantitative estimate of drug-likeness (QED) is 0.599. The maximum Gasteiger partial charge on any atom is 0.265 e. The summed E-state index contributed by atoms with van der Waals surface area (Å²) in [5, 5.41) is 0.817. The number of carbonyl (C=O) groups is 1. The van der Waals surface area contributed by atoms with Gasteiger partial charge in [-0.1, -0.05) is 42.5 Å². The summed E-state index contributed by atoms with van der Waals surface area (Å²) in [5.74, 6) is -0.0824. The fourth-order valence-electron chi connectivity index (χ4n) is 3.70. The third-order valence-corrected chi connectivity index (χ3v) is 8.73. The van der Waals surface area contributed by atoms with Gasteiger partial charge in [-0.25, -0.2) is 13.4 Å². The molecular formula is C23H25N3O3S2. The first-order valence-electron chi connectivity index (χ1n) is 10.2. The third kappa shape index (κ3) is 4.28. The predicted octanol–water partition coefficient (Wildman–Crippen LogP) is 3.88. The monoisotopic (exact) mass is 455 g/mol. The summed E-state index contributed by atoms with van der Waals surface area (Å²) in [7, 11) is -3.58. The molecule has 1 aliphatic rings. The van der Waals surface area contributed by atoms with Crippen molar-refractivity contribution in [3.05, 3.63) is 70.2 Å². The Morgan fingerprint density at radius 3 is 2.32 bits per heavy atom. The van der Waals surface area contributed by atoms with E-state index in [0.29, 0.717) is 28.6 Å². The number of sulfonamides is 1. The number of hydrogen-bond donors (Lipinski definition) is 0. The molecule has 0 atom stereocenters. The Morgan fingerprint density at radius 1 is 0.968 bits per heavy atom. The molecule has 1 aromatic heterocycles. The first-order chi connectivity index (χ1) is 14.8. The minimum atomic E-state index is -3.58. The number of carbonyl (C=O) groups excluding carboxylic acids is 1. The van der Waals surface area contributed by atoms with Gasteiger partial charge >= 0.3 is 0 Å². The minimum absolute atomic E-state index is 0.0824. The maximum atomic E-state index is 13.1. The van der Waals surface area contributed by atoms with Crippen molar-refractivity contribution in [2.75, 3.05) is 26.2 Å². The van der Waals surface area contributed by atoms with Gasteiger partial charge in [0.15, 0.2) is 0 Å². The largest absolute Gasteiger partial charge is 0.335 e. The molecule has 0 aliphatic carbocycles. The highest BCUT2D eigenvalue weighted by molar-refractivity contribution is 7.89. The van der Waals surface area contributed by atoms with Crippen molar-refractivity contribution in [3.63, 3.8) is 0 Å². The Morgan fingerprint density at radius 2 is 1.65 bits per heavy atom. The van der Waals surface area contributed by atoms with E-state index in [-0.39, 0.29) is 19.0 Å². The molecule has 162 valence electrons. The summed E-state index contributed by atoms with van der Waals surface area (Å²) >= 11 is 1.39. The molecule has 0 radical (unpaired) electrons. The van der Waals surface area contributed by atoms with E-state index < -0.39 is 10.0 Å². The molecule has 6 nitrogen and oxygen atoms in total. The predicted molar refractivity (Wildman–Crippen MR) is 123 cm³/mol. The van der Waals surface area contributed by atoms with Crippen LogP contribution in [0.2, 0.25) is 0 Å². The SMILES string of the molecule is Cc1ccc(C)c(S(=O)(=O)N2CCN(C(=O)c3sc(-c4ccccc4)nc3C)CC2)c1. The highest BCUT2D eigenvalue weighted by Crippen LogP contribution is 2.29. The normalized spacial score (nSPS) is 15.3. The van der Waals surface area contributed by atoms with Crippen molar-refractivity contribution >= 4 is 27.3 Å². The first kappa shape index (κ1) is 21.7. The molecule has 2 aromatic carbocycles. The van der Waals surface area contributed by atoms with Gasteiger partial charge in [0.2, 0.25) is 10.0 Å². The van der Waals surface area contributed by atoms with Gasteiger partial charge < -0.3 is 4.90 Å². The lowest BCUT2D eigenvalue weighted by molar-refractivity contribution is 0.0702. The van der Waals surface area contributed by atoms with Gasteiger partial charge in [-0.05, 0) is 38.0 Å². The standard InChI is InChI=1S/C23H25N3O3S2/c1-16-9-10-17(2)20(15-16)31(28,29)26-13-11-25(12-14-26)23(27)21-18(3)24-22(30-21)19-7-5-4-6-8-19/h4-10,15H,11-14H2,1-3H3. The van der Waals surface area contributed by atoms with E-state index >= 15 is 0 Å². The zero-order valence-corrected chi connectivity index (χ0v) is 19.5. The van der Waals surface area contributed by atoms with Gasteiger partial charge in [-0.15, -0.1) is 11.3 Å². The number of aryl methyl sites for hydroxylation is 3. The lowest BCUT2D eigenvalue weighted by atomic mass is 10.2. The number of piperazine rings is 1. The zero-order chi connectivity index (χ0) is 22.2. The summed E-state index contributed by atoms with van der Waals surface area (Å²) in [6, 6.07) is 15.2. The van der Waals surface area contributed by atoms with Crippen molar-refractivity contribution in [1.29, 1.82) is 0 Å². The summed E-state index contributed by atoms with van der Waals surface area (Å²) in [6.07, 6.45) is 0. The summed E-state index contributed by atoms with van der Waals surface area (Å²) in [4.78, 5) is 20.4. The molecule has 2 heterocycles. The fraction of sp³-hybridized carbons (Fsp3) is 0.304. The molecule has 0 spiro atoms. The van der Waals surface area contributed by atoms with E-state index in [0.717, 1.165) is 21.7 Å². The van der Waals surface area contributed by atoms with Gasteiger partial charge in [0.05, 0.1) is 10.6 Å². The number of nitrogens with zero attached hydrogens (tertiary/aromatic N) is 3. The van der Waals surface area contributed by atoms with E-state index in [2.05, 4.69) is 4.98 Å². The molecule has 4 rings (SSSR count). The molecule has 0 N–H and O–H groups in total. The molecule has 1 amide bonds. The first-order valence-corrected chi connectivity index (χ1v) is 12.4. The van der Waals surface area contributed by atoms with Crippen LogP contribution in [0.25, 0.3) is 10.6 Å². The Kier molecular flexibility index (Phi) is 5.96. The van der Waals surface area contributed by atoms with E-state index in [9.17, 15) is 13.2 Å². The second-order valence-electron chi connectivity index (χ2n) is 7.76. The number of rotatable bonds is 4. The molecule has 1 saturated heterocycles. The zero-order valence-electron chi connectivity index (χ0n) is 17.8. The van der Waals surface area contributed by atoms with E-state index in [1.807, 2.05) is 63.2 Å². The van der Waals surface area contributed by atoms with Crippen LogP contribution in [0.1, 0.15) is 26.5 Å². The number of aromatic nitrogens is 1. The number of hydrogen-bond acceptors (Lipinski definition) is 5. The average molecular weight is 456 g/mol. The Labute approximate surface area is 187 Å². The van der Waals surface area contributed by atoms with E-state index in [1.165, 1.54) is 15.6 Å². The number of thiazole rings is 1. The minimum Gasteiger partial charge on any atom is -0.335 e. The van der Waals surface area contributed by atoms with Crippen LogP contribution in [0, 0.1) is 20.8 Å². The van der Waals surface area contributed by atoms with Crippen molar-refractivity contribution < 1.29 is 13.2 Å². The fourth-order valence-corrected chi connectivity index (χ4v) is 6.47. The molecule has 3 aromatic rings. The number of amides is 1. The van der Waals surface area contributed by atoms with Crippen molar-refractivity contribution in [2.45, 2.75) is 25.7 Å². The average Bonchev–Trinajstić information content (AvgIpc) is 3.17. The third-order valence-electron chi connectivity index (χ3n) is 5.50. The topological polar surface area (TPSA) is 70.6 Å². The van der Waals surface area contributed by atoms with Crippen molar-refractivity contribution in [2.24, 2.45) is 0 Å². The Bertz CT molecular complexity index is 1210. The van der Waals surface area contributed by atoms with E-state index in [4.69, 9.17) is 0 Å². The van der Waals surface area contributed by atoms with Crippen molar-refractivity contribution in [3.8, 4) is 10.6 Å². The van der Waals surface area contributed by atoms with Gasteiger partial charge in [-0.2, -0.15) is 4.31 Å². The smallest absolute Gasteiger partial charge is 0.265 e. The molecule has 8 heteroatoms. The Balaban J connectivity index is 1.48. The molecule has 0 bridgehead atoms. The second kappa shape index (κ2) is 8.53. The summed E-state index contributed by atoms with van der Waals surface area (Å²) < 4.78 is 27.8. The van der Waals surface area contributed by atoms with Gasteiger partial charge in [-0.3, -0.25) is 4.79 Å². The summed E-state index contributed by atoms with van der Waals surface area (Å²) in [5.41, 5.74) is 3.34. The molecular weight excluding hydrogens is 430 g/mol. The summed E-state index contributed by atoms with van der Waals surface area (Å²) in [6.45, 7) is 6.83. The van der Waals surface area contributed by atoms with Gasteiger partial charge in [0.1, 0.15) is 9.88 Å². The van der Waals surface area contributed by atoms with Crippen LogP contribution >= 0.6 is 11.3 Å². The molecule has 0 saturated carbocycles. The molecule has 1 aliphatic heterocycles. The van der Waals surface area contributed by atoms with Crippen LogP contribution in [0.4, 0.5) is 0 Å².